The molecule has 0 spiro atoms. The maximum absolute atomic E-state index is 5.58. The molecule has 0 fully saturated rings. The van der Waals surface area contributed by atoms with Crippen LogP contribution >= 0.6 is 0 Å². The molecule has 0 saturated heterocycles. The Morgan fingerprint density at radius 3 is 2.47 bits per heavy atom. The van der Waals surface area contributed by atoms with Crippen molar-refractivity contribution in [1.29, 1.82) is 0 Å². The van der Waals surface area contributed by atoms with Gasteiger partial charge in [0.1, 0.15) is 11.5 Å². The van der Waals surface area contributed by atoms with Gasteiger partial charge in [-0.3, -0.25) is 0 Å². The molecule has 0 aliphatic carbocycles. The SMILES string of the molecule is CC(C)c1oc(N)nc1-c1ccccc1. The quantitative estimate of drug-likeness (QED) is 0.814. The second kappa shape index (κ2) is 3.77. The van der Waals surface area contributed by atoms with Crippen LogP contribution in [0.1, 0.15) is 25.5 Å². The lowest BCUT2D eigenvalue weighted by Gasteiger charge is -2.02. The topological polar surface area (TPSA) is 52.0 Å². The summed E-state index contributed by atoms with van der Waals surface area (Å²) in [6.07, 6.45) is 0. The van der Waals surface area contributed by atoms with E-state index in [2.05, 4.69) is 18.8 Å². The second-order valence-electron chi connectivity index (χ2n) is 3.79. The molecule has 0 radical (unpaired) electrons. The van der Waals surface area contributed by atoms with Gasteiger partial charge in [0, 0.05) is 11.5 Å². The summed E-state index contributed by atoms with van der Waals surface area (Å²) in [6.45, 7) is 4.12. The summed E-state index contributed by atoms with van der Waals surface area (Å²) in [7, 11) is 0. The third-order valence-electron chi connectivity index (χ3n) is 2.24. The largest absolute Gasteiger partial charge is 0.428 e. The minimum atomic E-state index is 0.234. The van der Waals surface area contributed by atoms with Crippen LogP contribution < -0.4 is 5.73 Å². The average Bonchev–Trinajstić information content (AvgIpc) is 2.62. The lowest BCUT2D eigenvalue weighted by Crippen LogP contribution is -1.88. The molecule has 3 nitrogen and oxygen atoms in total. The molecule has 2 N–H and O–H groups in total. The molecule has 1 aromatic carbocycles. The minimum absolute atomic E-state index is 0.234. The smallest absolute Gasteiger partial charge is 0.292 e. The van der Waals surface area contributed by atoms with Gasteiger partial charge in [0.25, 0.3) is 6.01 Å². The Hall–Kier alpha value is -1.77. The zero-order valence-electron chi connectivity index (χ0n) is 8.90. The van der Waals surface area contributed by atoms with Gasteiger partial charge >= 0.3 is 0 Å². The molecule has 0 atom stereocenters. The fourth-order valence-electron chi connectivity index (χ4n) is 1.54. The average molecular weight is 202 g/mol. The van der Waals surface area contributed by atoms with Crippen molar-refractivity contribution in [3.8, 4) is 11.3 Å². The van der Waals surface area contributed by atoms with E-state index in [1.54, 1.807) is 0 Å². The Labute approximate surface area is 88.9 Å². The molecule has 2 rings (SSSR count). The Balaban J connectivity index is 2.53. The lowest BCUT2D eigenvalue weighted by molar-refractivity contribution is 0.500. The molecule has 2 aromatic rings. The first kappa shape index (κ1) is 9.77. The van der Waals surface area contributed by atoms with E-state index in [4.69, 9.17) is 10.2 Å². The maximum Gasteiger partial charge on any atom is 0.292 e. The van der Waals surface area contributed by atoms with Gasteiger partial charge in [-0.2, -0.15) is 4.98 Å². The van der Waals surface area contributed by atoms with Crippen molar-refractivity contribution >= 4 is 6.01 Å². The van der Waals surface area contributed by atoms with Gasteiger partial charge in [0.2, 0.25) is 0 Å². The normalized spacial score (nSPS) is 10.9. The van der Waals surface area contributed by atoms with Crippen LogP contribution in [0, 0.1) is 0 Å². The Morgan fingerprint density at radius 2 is 1.87 bits per heavy atom. The van der Waals surface area contributed by atoms with Crippen molar-refractivity contribution in [2.75, 3.05) is 5.73 Å². The van der Waals surface area contributed by atoms with Crippen LogP contribution in [0.2, 0.25) is 0 Å². The number of aromatic nitrogens is 1. The highest BCUT2D eigenvalue weighted by molar-refractivity contribution is 5.62. The first-order valence-corrected chi connectivity index (χ1v) is 5.00. The molecule has 0 aliphatic rings. The summed E-state index contributed by atoms with van der Waals surface area (Å²) in [5.41, 5.74) is 7.47. The van der Waals surface area contributed by atoms with E-state index in [0.717, 1.165) is 17.0 Å². The molecule has 78 valence electrons. The van der Waals surface area contributed by atoms with Crippen LogP contribution in [0.25, 0.3) is 11.3 Å². The van der Waals surface area contributed by atoms with Crippen LogP contribution in [0.3, 0.4) is 0 Å². The molecule has 0 unspecified atom stereocenters. The van der Waals surface area contributed by atoms with Gasteiger partial charge in [-0.05, 0) is 0 Å². The Bertz CT molecular complexity index is 446. The van der Waals surface area contributed by atoms with Gasteiger partial charge in [0.15, 0.2) is 0 Å². The summed E-state index contributed by atoms with van der Waals surface area (Å²) in [5.74, 6) is 1.13. The number of hydrogen-bond acceptors (Lipinski definition) is 3. The van der Waals surface area contributed by atoms with Crippen LogP contribution in [-0.2, 0) is 0 Å². The molecule has 15 heavy (non-hydrogen) atoms. The third kappa shape index (κ3) is 1.86. The van der Waals surface area contributed by atoms with E-state index in [-0.39, 0.29) is 11.9 Å². The fraction of sp³-hybridized carbons (Fsp3) is 0.250. The number of anilines is 1. The Morgan fingerprint density at radius 1 is 1.20 bits per heavy atom. The molecular formula is C12H14N2O. The van der Waals surface area contributed by atoms with Crippen molar-refractivity contribution in [3.05, 3.63) is 36.1 Å². The van der Waals surface area contributed by atoms with Gasteiger partial charge in [-0.15, -0.1) is 0 Å². The predicted molar refractivity (Wildman–Crippen MR) is 60.4 cm³/mol. The summed E-state index contributed by atoms with van der Waals surface area (Å²) in [5, 5.41) is 0. The van der Waals surface area contributed by atoms with Crippen LogP contribution in [0.15, 0.2) is 34.7 Å². The molecular weight excluding hydrogens is 188 g/mol. The number of hydrogen-bond donors (Lipinski definition) is 1. The Kier molecular flexibility index (Phi) is 2.46. The highest BCUT2D eigenvalue weighted by Gasteiger charge is 2.15. The predicted octanol–water partition coefficient (Wildman–Crippen LogP) is 3.05. The van der Waals surface area contributed by atoms with E-state index in [9.17, 15) is 0 Å². The second-order valence-corrected chi connectivity index (χ2v) is 3.79. The first-order valence-electron chi connectivity index (χ1n) is 5.00. The van der Waals surface area contributed by atoms with E-state index in [1.807, 2.05) is 30.3 Å². The number of benzene rings is 1. The molecule has 0 amide bonds. The van der Waals surface area contributed by atoms with Crippen molar-refractivity contribution in [3.63, 3.8) is 0 Å². The lowest BCUT2D eigenvalue weighted by atomic mass is 10.0. The van der Waals surface area contributed by atoms with Crippen LogP contribution in [-0.4, -0.2) is 4.98 Å². The van der Waals surface area contributed by atoms with E-state index >= 15 is 0 Å². The third-order valence-corrected chi connectivity index (χ3v) is 2.24. The highest BCUT2D eigenvalue weighted by Crippen LogP contribution is 2.30. The van der Waals surface area contributed by atoms with Crippen molar-refractivity contribution in [2.45, 2.75) is 19.8 Å². The van der Waals surface area contributed by atoms with Gasteiger partial charge in [-0.1, -0.05) is 44.2 Å². The number of oxazole rings is 1. The summed E-state index contributed by atoms with van der Waals surface area (Å²) >= 11 is 0. The van der Waals surface area contributed by atoms with Gasteiger partial charge in [-0.25, -0.2) is 0 Å². The molecule has 1 aromatic heterocycles. The number of nitrogens with zero attached hydrogens (tertiary/aromatic N) is 1. The van der Waals surface area contributed by atoms with Gasteiger partial charge in [0.05, 0.1) is 0 Å². The zero-order chi connectivity index (χ0) is 10.8. The molecule has 3 heteroatoms. The number of rotatable bonds is 2. The molecule has 0 aliphatic heterocycles. The summed E-state index contributed by atoms with van der Waals surface area (Å²) < 4.78 is 5.40. The van der Waals surface area contributed by atoms with Crippen LogP contribution in [0.5, 0.6) is 0 Å². The molecule has 0 bridgehead atoms. The standard InChI is InChI=1S/C12H14N2O/c1-8(2)11-10(14-12(13)15-11)9-6-4-3-5-7-9/h3-8H,1-2H3,(H2,13,14). The van der Waals surface area contributed by atoms with E-state index in [1.165, 1.54) is 0 Å². The number of nitrogen functional groups attached to an aromatic ring is 1. The number of nitrogens with two attached hydrogens (primary N) is 1. The zero-order valence-corrected chi connectivity index (χ0v) is 8.90. The fourth-order valence-corrected chi connectivity index (χ4v) is 1.54. The maximum atomic E-state index is 5.58. The van der Waals surface area contributed by atoms with Gasteiger partial charge < -0.3 is 10.2 Å². The summed E-state index contributed by atoms with van der Waals surface area (Å²) in [6, 6.07) is 10.2. The van der Waals surface area contributed by atoms with Crippen molar-refractivity contribution in [2.24, 2.45) is 0 Å². The molecule has 0 saturated carbocycles. The monoisotopic (exact) mass is 202 g/mol. The first-order chi connectivity index (χ1) is 7.18. The highest BCUT2D eigenvalue weighted by atomic mass is 16.4. The summed E-state index contributed by atoms with van der Waals surface area (Å²) in [4.78, 5) is 4.21. The van der Waals surface area contributed by atoms with Crippen molar-refractivity contribution < 1.29 is 4.42 Å². The minimum Gasteiger partial charge on any atom is -0.428 e. The van der Waals surface area contributed by atoms with E-state index < -0.39 is 0 Å². The molecule has 1 heterocycles. The van der Waals surface area contributed by atoms with Crippen LogP contribution in [0.4, 0.5) is 6.01 Å². The van der Waals surface area contributed by atoms with Crippen molar-refractivity contribution in [1.82, 2.24) is 4.98 Å². The van der Waals surface area contributed by atoms with E-state index in [0.29, 0.717) is 0 Å².